The summed E-state index contributed by atoms with van der Waals surface area (Å²) in [5.41, 5.74) is -1.07. The van der Waals surface area contributed by atoms with Crippen LogP contribution >= 0.6 is 11.3 Å². The lowest BCUT2D eigenvalue weighted by molar-refractivity contribution is 0.0636. The fourth-order valence-electron chi connectivity index (χ4n) is 4.13. The number of benzene rings is 1. The topological polar surface area (TPSA) is 122 Å². The summed E-state index contributed by atoms with van der Waals surface area (Å²) in [6.45, 7) is 6.27. The van der Waals surface area contributed by atoms with E-state index in [9.17, 15) is 23.5 Å². The molecule has 1 fully saturated rings. The fourth-order valence-corrected chi connectivity index (χ4v) is 5.13. The second kappa shape index (κ2) is 11.0. The molecule has 1 unspecified atom stereocenters. The molecule has 38 heavy (non-hydrogen) atoms. The van der Waals surface area contributed by atoms with E-state index in [2.05, 4.69) is 20.7 Å². The number of carbonyl (C=O) groups is 2. The quantitative estimate of drug-likeness (QED) is 0.420. The number of nitrogens with zero attached hydrogens (tertiary/aromatic N) is 4. The molecule has 1 aliphatic rings. The molecular formula is C25H30F2N6O4S. The van der Waals surface area contributed by atoms with E-state index in [0.29, 0.717) is 37.4 Å². The van der Waals surface area contributed by atoms with Crippen LogP contribution in [0.5, 0.6) is 0 Å². The van der Waals surface area contributed by atoms with E-state index in [0.717, 1.165) is 29.9 Å². The van der Waals surface area contributed by atoms with Gasteiger partial charge in [-0.3, -0.25) is 14.8 Å². The van der Waals surface area contributed by atoms with E-state index < -0.39 is 34.8 Å². The van der Waals surface area contributed by atoms with Crippen LogP contribution in [0.4, 0.5) is 30.1 Å². The van der Waals surface area contributed by atoms with Gasteiger partial charge >= 0.3 is 6.09 Å². The first-order valence-electron chi connectivity index (χ1n) is 12.1. The Morgan fingerprint density at radius 3 is 2.55 bits per heavy atom. The Labute approximate surface area is 222 Å². The van der Waals surface area contributed by atoms with Crippen molar-refractivity contribution in [2.45, 2.75) is 51.7 Å². The Bertz CT molecular complexity index is 1320. The third-order valence-electron chi connectivity index (χ3n) is 5.79. The van der Waals surface area contributed by atoms with Crippen LogP contribution in [0, 0.1) is 11.6 Å². The van der Waals surface area contributed by atoms with E-state index in [1.54, 1.807) is 32.5 Å². The lowest BCUT2D eigenvalue weighted by Gasteiger charge is -2.24. The molecule has 1 aliphatic heterocycles. The predicted molar refractivity (Wildman–Crippen MR) is 141 cm³/mol. The first kappa shape index (κ1) is 27.5. The number of anilines is 3. The number of aliphatic hydroxyl groups is 1. The average molecular weight is 549 g/mol. The van der Waals surface area contributed by atoms with Crippen LogP contribution in [0.1, 0.15) is 50.5 Å². The minimum absolute atomic E-state index is 0.0299. The molecule has 3 aromatic rings. The number of aromatic nitrogens is 3. The van der Waals surface area contributed by atoms with Crippen LogP contribution in [-0.4, -0.2) is 56.7 Å². The van der Waals surface area contributed by atoms with Gasteiger partial charge in [0.2, 0.25) is 0 Å². The smallest absolute Gasteiger partial charge is 0.412 e. The molecule has 0 radical (unpaired) electrons. The average Bonchev–Trinajstić information content (AvgIpc) is 3.30. The summed E-state index contributed by atoms with van der Waals surface area (Å²) in [6, 6.07) is 3.39. The first-order chi connectivity index (χ1) is 17.9. The van der Waals surface area contributed by atoms with Gasteiger partial charge in [0.25, 0.3) is 5.91 Å². The van der Waals surface area contributed by atoms with Crippen molar-refractivity contribution in [1.82, 2.24) is 14.8 Å². The number of rotatable bonds is 5. The minimum atomic E-state index is -0.854. The van der Waals surface area contributed by atoms with Gasteiger partial charge in [-0.1, -0.05) is 17.4 Å². The van der Waals surface area contributed by atoms with Crippen molar-refractivity contribution in [2.24, 2.45) is 7.05 Å². The van der Waals surface area contributed by atoms with Crippen molar-refractivity contribution in [3.8, 4) is 10.6 Å². The van der Waals surface area contributed by atoms with Crippen molar-refractivity contribution < 1.29 is 28.2 Å². The number of halogens is 2. The van der Waals surface area contributed by atoms with Crippen LogP contribution < -0.4 is 15.5 Å². The number of aliphatic hydroxyl groups excluding tert-OH is 1. The number of carbonyl (C=O) groups excluding carboxylic acids is 2. The highest BCUT2D eigenvalue weighted by atomic mass is 32.1. The highest BCUT2D eigenvalue weighted by molar-refractivity contribution is 7.19. The summed E-state index contributed by atoms with van der Waals surface area (Å²) in [5, 5.41) is 19.4. The van der Waals surface area contributed by atoms with E-state index in [1.165, 1.54) is 12.3 Å². The van der Waals surface area contributed by atoms with E-state index >= 15 is 0 Å². The highest BCUT2D eigenvalue weighted by Gasteiger charge is 2.28. The molecule has 2 aromatic heterocycles. The molecule has 0 aliphatic carbocycles. The number of thiazole rings is 1. The lowest BCUT2D eigenvalue weighted by atomic mass is 10.2. The summed E-state index contributed by atoms with van der Waals surface area (Å²) in [5.74, 6) is -1.77. The molecule has 2 amide bonds. The summed E-state index contributed by atoms with van der Waals surface area (Å²) >= 11 is 0.752. The molecule has 0 saturated carbocycles. The number of hydrogen-bond donors (Lipinski definition) is 3. The fraction of sp³-hybridized carbons (Fsp3) is 0.440. The predicted octanol–water partition coefficient (Wildman–Crippen LogP) is 4.77. The normalized spacial score (nSPS) is 16.2. The summed E-state index contributed by atoms with van der Waals surface area (Å²) in [7, 11) is 1.74. The van der Waals surface area contributed by atoms with Crippen molar-refractivity contribution >= 4 is 39.8 Å². The largest absolute Gasteiger partial charge is 0.444 e. The van der Waals surface area contributed by atoms with Crippen molar-refractivity contribution in [2.75, 3.05) is 28.6 Å². The van der Waals surface area contributed by atoms with Crippen molar-refractivity contribution in [3.63, 3.8) is 0 Å². The van der Waals surface area contributed by atoms with Gasteiger partial charge in [0, 0.05) is 20.1 Å². The molecule has 3 heterocycles. The Morgan fingerprint density at radius 2 is 1.87 bits per heavy atom. The number of nitrogens with one attached hydrogen (secondary N) is 2. The molecule has 0 spiro atoms. The number of aryl methyl sites for hydroxylation is 1. The Hall–Kier alpha value is -3.58. The number of amides is 2. The van der Waals surface area contributed by atoms with Gasteiger partial charge in [0.1, 0.15) is 32.9 Å². The van der Waals surface area contributed by atoms with E-state index in [1.807, 2.05) is 4.90 Å². The van der Waals surface area contributed by atoms with Gasteiger partial charge in [-0.05, 0) is 52.2 Å². The Balaban J connectivity index is 1.67. The van der Waals surface area contributed by atoms with Crippen molar-refractivity contribution in [1.29, 1.82) is 0 Å². The van der Waals surface area contributed by atoms with Gasteiger partial charge in [0.15, 0.2) is 11.5 Å². The third-order valence-corrected chi connectivity index (χ3v) is 6.77. The van der Waals surface area contributed by atoms with Crippen LogP contribution in [0.2, 0.25) is 0 Å². The van der Waals surface area contributed by atoms with Crippen LogP contribution in [0.15, 0.2) is 24.4 Å². The Morgan fingerprint density at radius 1 is 1.16 bits per heavy atom. The molecule has 4 rings (SSSR count). The van der Waals surface area contributed by atoms with Crippen LogP contribution in [-0.2, 0) is 11.8 Å². The van der Waals surface area contributed by atoms with Gasteiger partial charge in [-0.25, -0.2) is 18.6 Å². The molecule has 0 bridgehead atoms. The highest BCUT2D eigenvalue weighted by Crippen LogP contribution is 2.36. The maximum atomic E-state index is 14.5. The molecule has 13 heteroatoms. The molecule has 10 nitrogen and oxygen atoms in total. The van der Waals surface area contributed by atoms with Gasteiger partial charge in [-0.15, -0.1) is 0 Å². The number of ether oxygens (including phenoxy) is 1. The SMILES string of the molecule is Cn1ncc(NC(=O)c2nc(-c3c(F)cccc3F)sc2NC(=O)OC(C)(C)C)c1N1CCCC(O)CC1. The maximum Gasteiger partial charge on any atom is 0.412 e. The summed E-state index contributed by atoms with van der Waals surface area (Å²) in [4.78, 5) is 32.2. The minimum Gasteiger partial charge on any atom is -0.444 e. The molecular weight excluding hydrogens is 518 g/mol. The van der Waals surface area contributed by atoms with Gasteiger partial charge in [-0.2, -0.15) is 5.10 Å². The maximum absolute atomic E-state index is 14.5. The van der Waals surface area contributed by atoms with Crippen LogP contribution in [0.3, 0.4) is 0 Å². The van der Waals surface area contributed by atoms with Crippen molar-refractivity contribution in [3.05, 3.63) is 41.7 Å². The molecule has 1 atom stereocenters. The zero-order valence-electron chi connectivity index (χ0n) is 21.5. The monoisotopic (exact) mass is 548 g/mol. The zero-order chi connectivity index (χ0) is 27.6. The zero-order valence-corrected chi connectivity index (χ0v) is 22.4. The summed E-state index contributed by atoms with van der Waals surface area (Å²) in [6.07, 6.45) is 2.28. The molecule has 1 saturated heterocycles. The molecule has 204 valence electrons. The second-order valence-electron chi connectivity index (χ2n) is 9.95. The lowest BCUT2D eigenvalue weighted by Crippen LogP contribution is -2.29. The number of hydrogen-bond acceptors (Lipinski definition) is 8. The molecule has 3 N–H and O–H groups in total. The van der Waals surface area contributed by atoms with E-state index in [-0.39, 0.29) is 21.8 Å². The first-order valence-corrected chi connectivity index (χ1v) is 13.0. The van der Waals surface area contributed by atoms with Gasteiger partial charge < -0.3 is 20.1 Å². The standard InChI is InChI=1S/C25H30F2N6O4S/c1-25(2,3)37-24(36)31-22-19(30-21(38-22)18-15(26)8-5-9-16(18)27)20(35)29-17-13-28-32(4)23(17)33-11-6-7-14(34)10-12-33/h5,8-9,13-14,34H,6-7,10-12H2,1-4H3,(H,29,35)(H,31,36). The van der Waals surface area contributed by atoms with Gasteiger partial charge in [0.05, 0.1) is 17.9 Å². The van der Waals surface area contributed by atoms with Crippen LogP contribution in [0.25, 0.3) is 10.6 Å². The third kappa shape index (κ3) is 6.27. The second-order valence-corrected chi connectivity index (χ2v) is 11.0. The molecule has 1 aromatic carbocycles. The Kier molecular flexibility index (Phi) is 7.97. The van der Waals surface area contributed by atoms with E-state index in [4.69, 9.17) is 4.74 Å². The summed E-state index contributed by atoms with van der Waals surface area (Å²) < 4.78 is 35.9.